The average Bonchev–Trinajstić information content (AvgIpc) is 3.20. The topological polar surface area (TPSA) is 41.4 Å². The lowest BCUT2D eigenvalue weighted by atomic mass is 9.88. The van der Waals surface area contributed by atoms with Crippen LogP contribution in [0, 0.1) is 30.1 Å². The van der Waals surface area contributed by atoms with Gasteiger partial charge in [-0.15, -0.1) is 12.4 Å². The quantitative estimate of drug-likeness (QED) is 0.742. The second-order valence-electron chi connectivity index (χ2n) is 8.79. The molecular formula is C21H31ClN4O. The van der Waals surface area contributed by atoms with Crippen molar-refractivity contribution in [1.82, 2.24) is 19.6 Å². The van der Waals surface area contributed by atoms with E-state index >= 15 is 0 Å². The molecule has 5 rings (SSSR count). The van der Waals surface area contributed by atoms with Crippen LogP contribution < -0.4 is 0 Å². The molecule has 1 aromatic rings. The van der Waals surface area contributed by atoms with Crippen molar-refractivity contribution in [3.8, 4) is 0 Å². The lowest BCUT2D eigenvalue weighted by molar-refractivity contribution is -0.138. The van der Waals surface area contributed by atoms with Crippen LogP contribution in [-0.4, -0.2) is 51.7 Å². The summed E-state index contributed by atoms with van der Waals surface area (Å²) in [6.07, 6.45) is 10.7. The molecule has 148 valence electrons. The molecule has 27 heavy (non-hydrogen) atoms. The van der Waals surface area contributed by atoms with Crippen molar-refractivity contribution in [2.75, 3.05) is 26.2 Å². The van der Waals surface area contributed by atoms with Gasteiger partial charge >= 0.3 is 0 Å². The molecule has 3 unspecified atom stereocenters. The van der Waals surface area contributed by atoms with Crippen molar-refractivity contribution in [2.24, 2.45) is 23.2 Å². The molecule has 3 aliphatic carbocycles. The fourth-order valence-corrected chi connectivity index (χ4v) is 5.73. The fourth-order valence-electron chi connectivity index (χ4n) is 5.73. The van der Waals surface area contributed by atoms with Crippen LogP contribution in [0.5, 0.6) is 0 Å². The minimum Gasteiger partial charge on any atom is -0.340 e. The maximum atomic E-state index is 13.1. The standard InChI is InChI=1S/C21H30N4O.ClH/c1-3-25-14-16(15(2)22-25)13-23-8-10-24(11-9-23)20(26)18-12-17-4-5-19(18)21(17)6-7-21;/h4-5,14,17-19H,3,6-13H2,1-2H3;1H. The molecule has 1 spiro atoms. The molecule has 1 amide bonds. The third kappa shape index (κ3) is 3.03. The molecule has 3 atom stereocenters. The van der Waals surface area contributed by atoms with Gasteiger partial charge in [0.15, 0.2) is 0 Å². The van der Waals surface area contributed by atoms with Gasteiger partial charge in [-0.2, -0.15) is 5.10 Å². The van der Waals surface area contributed by atoms with Gasteiger partial charge in [0, 0.05) is 56.9 Å². The molecule has 3 fully saturated rings. The monoisotopic (exact) mass is 390 g/mol. The zero-order valence-corrected chi connectivity index (χ0v) is 17.2. The predicted octanol–water partition coefficient (Wildman–Crippen LogP) is 2.88. The Balaban J connectivity index is 0.00000180. The van der Waals surface area contributed by atoms with E-state index in [2.05, 4.69) is 47.1 Å². The Morgan fingerprint density at radius 1 is 1.22 bits per heavy atom. The number of allylic oxidation sites excluding steroid dienone is 2. The Kier molecular flexibility index (Phi) is 4.88. The second-order valence-corrected chi connectivity index (χ2v) is 8.79. The summed E-state index contributed by atoms with van der Waals surface area (Å²) in [4.78, 5) is 17.7. The molecule has 2 saturated carbocycles. The molecule has 2 bridgehead atoms. The zero-order valence-electron chi connectivity index (χ0n) is 16.4. The number of hydrogen-bond acceptors (Lipinski definition) is 3. The summed E-state index contributed by atoms with van der Waals surface area (Å²) < 4.78 is 2.01. The Hall–Kier alpha value is -1.33. The summed E-state index contributed by atoms with van der Waals surface area (Å²) in [5.41, 5.74) is 2.97. The fraction of sp³-hybridized carbons (Fsp3) is 0.714. The van der Waals surface area contributed by atoms with Gasteiger partial charge in [-0.05, 0) is 50.4 Å². The first-order valence-electron chi connectivity index (χ1n) is 10.3. The van der Waals surface area contributed by atoms with Gasteiger partial charge in [-0.1, -0.05) is 12.2 Å². The van der Waals surface area contributed by atoms with Gasteiger partial charge in [0.25, 0.3) is 0 Å². The first-order valence-corrected chi connectivity index (χ1v) is 10.3. The van der Waals surface area contributed by atoms with Crippen molar-refractivity contribution in [1.29, 1.82) is 0 Å². The molecular weight excluding hydrogens is 360 g/mol. The summed E-state index contributed by atoms with van der Waals surface area (Å²) >= 11 is 0. The van der Waals surface area contributed by atoms with Crippen molar-refractivity contribution in [3.63, 3.8) is 0 Å². The number of aryl methyl sites for hydroxylation is 2. The summed E-state index contributed by atoms with van der Waals surface area (Å²) in [5, 5.41) is 4.55. The van der Waals surface area contributed by atoms with E-state index in [1.807, 2.05) is 4.68 Å². The van der Waals surface area contributed by atoms with Gasteiger partial charge in [0.1, 0.15) is 0 Å². The van der Waals surface area contributed by atoms with E-state index in [9.17, 15) is 4.79 Å². The van der Waals surface area contributed by atoms with Crippen LogP contribution >= 0.6 is 12.4 Å². The molecule has 0 N–H and O–H groups in total. The van der Waals surface area contributed by atoms with Crippen LogP contribution in [0.4, 0.5) is 0 Å². The first-order chi connectivity index (χ1) is 12.6. The summed E-state index contributed by atoms with van der Waals surface area (Å²) in [6.45, 7) is 9.80. The largest absolute Gasteiger partial charge is 0.340 e. The van der Waals surface area contributed by atoms with Gasteiger partial charge in [0.05, 0.1) is 5.69 Å². The molecule has 6 heteroatoms. The van der Waals surface area contributed by atoms with Gasteiger partial charge < -0.3 is 4.90 Å². The Bertz CT molecular complexity index is 745. The minimum absolute atomic E-state index is 0. The van der Waals surface area contributed by atoms with E-state index in [-0.39, 0.29) is 18.3 Å². The smallest absolute Gasteiger partial charge is 0.226 e. The molecule has 0 aromatic carbocycles. The van der Waals surface area contributed by atoms with Crippen molar-refractivity contribution < 1.29 is 4.79 Å². The third-order valence-corrected chi connectivity index (χ3v) is 7.49. The number of nitrogens with zero attached hydrogens (tertiary/aromatic N) is 4. The predicted molar refractivity (Wildman–Crippen MR) is 108 cm³/mol. The Labute approximate surface area is 168 Å². The summed E-state index contributed by atoms with van der Waals surface area (Å²) in [5.74, 6) is 1.94. The number of halogens is 1. The van der Waals surface area contributed by atoms with Crippen LogP contribution in [-0.2, 0) is 17.9 Å². The van der Waals surface area contributed by atoms with Crippen molar-refractivity contribution in [2.45, 2.75) is 46.2 Å². The van der Waals surface area contributed by atoms with E-state index in [1.165, 1.54) is 18.4 Å². The van der Waals surface area contributed by atoms with Crippen LogP contribution in [0.3, 0.4) is 0 Å². The van der Waals surface area contributed by atoms with Crippen molar-refractivity contribution in [3.05, 3.63) is 29.6 Å². The number of piperazine rings is 1. The summed E-state index contributed by atoms with van der Waals surface area (Å²) in [7, 11) is 0. The highest BCUT2D eigenvalue weighted by Crippen LogP contribution is 2.70. The van der Waals surface area contributed by atoms with Gasteiger partial charge in [-0.25, -0.2) is 0 Å². The molecule has 1 saturated heterocycles. The maximum Gasteiger partial charge on any atom is 0.226 e. The number of amides is 1. The molecule has 4 aliphatic rings. The molecule has 1 aliphatic heterocycles. The van der Waals surface area contributed by atoms with Crippen LogP contribution in [0.25, 0.3) is 0 Å². The number of hydrogen-bond donors (Lipinski definition) is 0. The SMILES string of the molecule is CCn1cc(CN2CCN(C(=O)C3CC4C=CC3C43CC3)CC2)c(C)n1.Cl. The number of carbonyl (C=O) groups is 1. The molecule has 2 heterocycles. The Morgan fingerprint density at radius 3 is 2.56 bits per heavy atom. The first kappa shape index (κ1) is 19.0. The van der Waals surface area contributed by atoms with E-state index < -0.39 is 0 Å². The normalized spacial score (nSPS) is 30.7. The van der Waals surface area contributed by atoms with Crippen LogP contribution in [0.2, 0.25) is 0 Å². The average molecular weight is 391 g/mol. The zero-order chi connectivity index (χ0) is 17.9. The molecule has 0 radical (unpaired) electrons. The highest BCUT2D eigenvalue weighted by atomic mass is 35.5. The lowest BCUT2D eigenvalue weighted by Crippen LogP contribution is -2.50. The van der Waals surface area contributed by atoms with E-state index in [4.69, 9.17) is 0 Å². The van der Waals surface area contributed by atoms with Gasteiger partial charge in [-0.3, -0.25) is 14.4 Å². The molecule has 5 nitrogen and oxygen atoms in total. The summed E-state index contributed by atoms with van der Waals surface area (Å²) in [6, 6.07) is 0. The maximum absolute atomic E-state index is 13.1. The van der Waals surface area contributed by atoms with E-state index in [0.29, 0.717) is 23.2 Å². The van der Waals surface area contributed by atoms with E-state index in [0.717, 1.165) is 51.4 Å². The highest BCUT2D eigenvalue weighted by Gasteiger charge is 2.64. The Morgan fingerprint density at radius 2 is 1.96 bits per heavy atom. The second kappa shape index (κ2) is 6.93. The van der Waals surface area contributed by atoms with E-state index in [1.54, 1.807) is 0 Å². The van der Waals surface area contributed by atoms with Crippen LogP contribution in [0.15, 0.2) is 18.3 Å². The van der Waals surface area contributed by atoms with Gasteiger partial charge in [0.2, 0.25) is 5.91 Å². The number of aromatic nitrogens is 2. The van der Waals surface area contributed by atoms with Crippen LogP contribution in [0.1, 0.15) is 37.4 Å². The highest BCUT2D eigenvalue weighted by molar-refractivity contribution is 5.85. The molecule has 1 aromatic heterocycles. The lowest BCUT2D eigenvalue weighted by Gasteiger charge is -2.37. The minimum atomic E-state index is 0. The third-order valence-electron chi connectivity index (χ3n) is 7.49. The number of rotatable bonds is 4. The number of carbonyl (C=O) groups excluding carboxylic acids is 1. The van der Waals surface area contributed by atoms with Crippen molar-refractivity contribution >= 4 is 18.3 Å².